The molecule has 17 heavy (non-hydrogen) atoms. The van der Waals surface area contributed by atoms with E-state index >= 15 is 0 Å². The molecule has 0 radical (unpaired) electrons. The van der Waals surface area contributed by atoms with E-state index in [0.717, 1.165) is 10.8 Å². The van der Waals surface area contributed by atoms with Gasteiger partial charge in [0.25, 0.3) is 0 Å². The molecule has 0 aliphatic carbocycles. The predicted molar refractivity (Wildman–Crippen MR) is 66.9 cm³/mol. The minimum Gasteiger partial charge on any atom is -0.443 e. The molecule has 2 aromatic rings. The molecule has 2 rings (SSSR count). The van der Waals surface area contributed by atoms with Gasteiger partial charge in [-0.15, -0.1) is 0 Å². The molecule has 88 valence electrons. The molecule has 0 fully saturated rings. The number of alkyl halides is 1. The van der Waals surface area contributed by atoms with Crippen LogP contribution in [0.3, 0.4) is 0 Å². The topological polar surface area (TPSA) is 65.2 Å². The van der Waals surface area contributed by atoms with Gasteiger partial charge in [0.15, 0.2) is 5.56 Å². The first-order valence-corrected chi connectivity index (χ1v) is 5.51. The van der Waals surface area contributed by atoms with Gasteiger partial charge in [-0.25, -0.2) is 9.78 Å². The number of ether oxygens (including phenoxy) is 1. The summed E-state index contributed by atoms with van der Waals surface area (Å²) >= 11 is 5.59. The van der Waals surface area contributed by atoms with Gasteiger partial charge in [-0.1, -0.05) is 11.6 Å². The van der Waals surface area contributed by atoms with Gasteiger partial charge in [0, 0.05) is 11.6 Å². The Labute approximate surface area is 103 Å². The van der Waals surface area contributed by atoms with Gasteiger partial charge in [0.1, 0.15) is 5.82 Å². The van der Waals surface area contributed by atoms with Crippen LogP contribution in [0.2, 0.25) is 0 Å². The second-order valence-corrected chi connectivity index (χ2v) is 4.20. The molecule has 2 N–H and O–H groups in total. The van der Waals surface area contributed by atoms with Crippen molar-refractivity contribution >= 4 is 34.2 Å². The predicted octanol–water partition coefficient (Wildman–Crippen LogP) is 2.56. The number of pyridine rings is 1. The molecule has 1 aromatic carbocycles. The van der Waals surface area contributed by atoms with E-state index in [1.54, 1.807) is 37.4 Å². The number of esters is 1. The summed E-state index contributed by atoms with van der Waals surface area (Å²) in [7, 11) is 0. The average molecular weight is 251 g/mol. The number of fused-ring (bicyclic) bond motifs is 1. The van der Waals surface area contributed by atoms with Crippen molar-refractivity contribution in [1.82, 2.24) is 4.98 Å². The fourth-order valence-corrected chi connectivity index (χ4v) is 1.62. The normalized spacial score (nSPS) is 12.4. The first-order chi connectivity index (χ1) is 8.08. The van der Waals surface area contributed by atoms with Crippen LogP contribution in [0.15, 0.2) is 30.5 Å². The summed E-state index contributed by atoms with van der Waals surface area (Å²) in [5, 5.41) is 1.65. The van der Waals surface area contributed by atoms with Crippen molar-refractivity contribution in [3.05, 3.63) is 36.0 Å². The molecule has 1 aromatic heterocycles. The van der Waals surface area contributed by atoms with E-state index < -0.39 is 11.5 Å². The number of hydrogen-bond acceptors (Lipinski definition) is 4. The first-order valence-electron chi connectivity index (χ1n) is 5.07. The molecule has 1 unspecified atom stereocenters. The Morgan fingerprint density at radius 2 is 2.24 bits per heavy atom. The molecule has 0 saturated carbocycles. The Morgan fingerprint density at radius 3 is 2.94 bits per heavy atom. The third kappa shape index (κ3) is 2.47. The van der Waals surface area contributed by atoms with Crippen molar-refractivity contribution in [2.45, 2.75) is 12.5 Å². The highest BCUT2D eigenvalue weighted by Crippen LogP contribution is 2.20. The maximum atomic E-state index is 11.6. The summed E-state index contributed by atoms with van der Waals surface area (Å²) < 4.78 is 4.90. The van der Waals surface area contributed by atoms with Crippen LogP contribution in [-0.4, -0.2) is 16.5 Å². The second kappa shape index (κ2) is 4.59. The zero-order valence-electron chi connectivity index (χ0n) is 9.18. The summed E-state index contributed by atoms with van der Waals surface area (Å²) in [5.41, 5.74) is 5.50. The standard InChI is InChI=1S/C12H11ClN2O2/c1-7(13)17-12(16)9-2-3-10-8(6-9)4-5-15-11(10)14/h2-7H,1H3,(H2,14,15). The molecule has 0 amide bonds. The van der Waals surface area contributed by atoms with Crippen molar-refractivity contribution in [2.75, 3.05) is 5.73 Å². The maximum Gasteiger partial charge on any atom is 0.339 e. The molecule has 4 nitrogen and oxygen atoms in total. The molecule has 1 heterocycles. The van der Waals surface area contributed by atoms with Crippen LogP contribution in [0, 0.1) is 0 Å². The SMILES string of the molecule is CC(Cl)OC(=O)c1ccc2c(N)nccc2c1. The van der Waals surface area contributed by atoms with Gasteiger partial charge >= 0.3 is 5.97 Å². The van der Waals surface area contributed by atoms with E-state index in [-0.39, 0.29) is 0 Å². The molecular formula is C12H11ClN2O2. The molecule has 1 atom stereocenters. The molecule has 0 aliphatic heterocycles. The van der Waals surface area contributed by atoms with Crippen LogP contribution in [0.1, 0.15) is 17.3 Å². The van der Waals surface area contributed by atoms with Crippen LogP contribution >= 0.6 is 11.6 Å². The van der Waals surface area contributed by atoms with Gasteiger partial charge < -0.3 is 10.5 Å². The smallest absolute Gasteiger partial charge is 0.339 e. The monoisotopic (exact) mass is 250 g/mol. The fraction of sp³-hybridized carbons (Fsp3) is 0.167. The molecule has 0 spiro atoms. The van der Waals surface area contributed by atoms with Gasteiger partial charge in [-0.2, -0.15) is 0 Å². The number of aromatic nitrogens is 1. The Kier molecular flexibility index (Phi) is 3.15. The third-order valence-corrected chi connectivity index (χ3v) is 2.39. The lowest BCUT2D eigenvalue weighted by molar-refractivity contribution is 0.0472. The van der Waals surface area contributed by atoms with E-state index in [1.165, 1.54) is 0 Å². The summed E-state index contributed by atoms with van der Waals surface area (Å²) in [4.78, 5) is 15.6. The van der Waals surface area contributed by atoms with Crippen LogP contribution in [0.25, 0.3) is 10.8 Å². The van der Waals surface area contributed by atoms with Gasteiger partial charge in [-0.3, -0.25) is 0 Å². The van der Waals surface area contributed by atoms with E-state index in [0.29, 0.717) is 11.4 Å². The number of nitrogens with two attached hydrogens (primary N) is 1. The number of rotatable bonds is 2. The first kappa shape index (κ1) is 11.7. The average Bonchev–Trinajstić information content (AvgIpc) is 2.28. The van der Waals surface area contributed by atoms with Gasteiger partial charge in [0.05, 0.1) is 5.56 Å². The highest BCUT2D eigenvalue weighted by atomic mass is 35.5. The lowest BCUT2D eigenvalue weighted by Crippen LogP contribution is -2.09. The summed E-state index contributed by atoms with van der Waals surface area (Å²) in [6, 6.07) is 6.87. The minimum atomic E-state index is -0.652. The van der Waals surface area contributed by atoms with E-state index in [1.807, 2.05) is 0 Å². The molecular weight excluding hydrogens is 240 g/mol. The zero-order valence-corrected chi connectivity index (χ0v) is 9.94. The van der Waals surface area contributed by atoms with Crippen LogP contribution in [-0.2, 0) is 4.74 Å². The Bertz CT molecular complexity index is 569. The Morgan fingerprint density at radius 1 is 1.47 bits per heavy atom. The van der Waals surface area contributed by atoms with Gasteiger partial charge in [0.2, 0.25) is 0 Å². The second-order valence-electron chi connectivity index (χ2n) is 3.58. The highest BCUT2D eigenvalue weighted by Gasteiger charge is 2.11. The molecule has 0 saturated heterocycles. The van der Waals surface area contributed by atoms with E-state index in [2.05, 4.69) is 4.98 Å². The lowest BCUT2D eigenvalue weighted by Gasteiger charge is -2.07. The number of halogens is 1. The highest BCUT2D eigenvalue weighted by molar-refractivity contribution is 6.20. The number of carbonyl (C=O) groups excluding carboxylic acids is 1. The van der Waals surface area contributed by atoms with Crippen molar-refractivity contribution in [2.24, 2.45) is 0 Å². The van der Waals surface area contributed by atoms with Gasteiger partial charge in [-0.05, 0) is 36.6 Å². The largest absolute Gasteiger partial charge is 0.443 e. The molecule has 0 bridgehead atoms. The van der Waals surface area contributed by atoms with Crippen LogP contribution < -0.4 is 5.73 Å². The number of benzene rings is 1. The summed E-state index contributed by atoms with van der Waals surface area (Å²) in [6.45, 7) is 1.59. The number of carbonyl (C=O) groups is 1. The number of nitrogen functional groups attached to an aromatic ring is 1. The van der Waals surface area contributed by atoms with Crippen LogP contribution in [0.4, 0.5) is 5.82 Å². The maximum absolute atomic E-state index is 11.6. The lowest BCUT2D eigenvalue weighted by atomic mass is 10.1. The molecule has 0 aliphatic rings. The Balaban J connectivity index is 2.42. The van der Waals surface area contributed by atoms with E-state index in [9.17, 15) is 4.79 Å². The van der Waals surface area contributed by atoms with Crippen LogP contribution in [0.5, 0.6) is 0 Å². The minimum absolute atomic E-state index is 0.438. The van der Waals surface area contributed by atoms with E-state index in [4.69, 9.17) is 22.1 Å². The van der Waals surface area contributed by atoms with Crippen molar-refractivity contribution in [1.29, 1.82) is 0 Å². The summed E-state index contributed by atoms with van der Waals surface area (Å²) in [5.74, 6) is -0.0158. The summed E-state index contributed by atoms with van der Waals surface area (Å²) in [6.07, 6.45) is 1.59. The third-order valence-electron chi connectivity index (χ3n) is 2.30. The Hall–Kier alpha value is -1.81. The number of anilines is 1. The molecule has 5 heteroatoms. The van der Waals surface area contributed by atoms with Crippen molar-refractivity contribution in [3.8, 4) is 0 Å². The fourth-order valence-electron chi connectivity index (χ4n) is 1.54. The van der Waals surface area contributed by atoms with Crippen molar-refractivity contribution < 1.29 is 9.53 Å². The number of hydrogen-bond donors (Lipinski definition) is 1. The number of nitrogens with zero attached hydrogens (tertiary/aromatic N) is 1. The zero-order chi connectivity index (χ0) is 12.4. The van der Waals surface area contributed by atoms with Crippen molar-refractivity contribution in [3.63, 3.8) is 0 Å². The quantitative estimate of drug-likeness (QED) is 0.657.